The summed E-state index contributed by atoms with van der Waals surface area (Å²) < 4.78 is 25.1. The van der Waals surface area contributed by atoms with Gasteiger partial charge in [0.1, 0.15) is 0 Å². The molecule has 1 aliphatic heterocycles. The van der Waals surface area contributed by atoms with Crippen molar-refractivity contribution in [2.75, 3.05) is 6.61 Å². The number of hydrogen-bond donors (Lipinski definition) is 3. The SMILES string of the molecule is O=S1(=O)[C@@H](Cc2cnc[nH]2)CC2[C@H](O)C[C@@H](CO)[C@@H]21. The van der Waals surface area contributed by atoms with Gasteiger partial charge in [-0.15, -0.1) is 0 Å². The van der Waals surface area contributed by atoms with E-state index in [1.54, 1.807) is 6.20 Å². The number of aromatic amines is 1. The second kappa shape index (κ2) is 4.57. The predicted molar refractivity (Wildman–Crippen MR) is 68.1 cm³/mol. The summed E-state index contributed by atoms with van der Waals surface area (Å²) in [5.74, 6) is -0.549. The fourth-order valence-corrected chi connectivity index (χ4v) is 6.53. The molecule has 0 amide bonds. The zero-order valence-corrected chi connectivity index (χ0v) is 11.3. The molecule has 2 aliphatic rings. The number of sulfone groups is 1. The van der Waals surface area contributed by atoms with E-state index in [4.69, 9.17) is 0 Å². The van der Waals surface area contributed by atoms with Crippen molar-refractivity contribution in [2.24, 2.45) is 11.8 Å². The van der Waals surface area contributed by atoms with E-state index in [0.29, 0.717) is 19.3 Å². The molecule has 1 unspecified atom stereocenters. The maximum Gasteiger partial charge on any atom is 0.157 e. The number of imidazole rings is 1. The minimum absolute atomic E-state index is 0.172. The fourth-order valence-electron chi connectivity index (χ4n) is 3.67. The van der Waals surface area contributed by atoms with Gasteiger partial charge in [0.05, 0.1) is 22.9 Å². The van der Waals surface area contributed by atoms with Gasteiger partial charge in [0.25, 0.3) is 0 Å². The van der Waals surface area contributed by atoms with Crippen molar-refractivity contribution in [3.63, 3.8) is 0 Å². The number of rotatable bonds is 3. The Kier molecular flexibility index (Phi) is 3.15. The molecule has 3 N–H and O–H groups in total. The first kappa shape index (κ1) is 13.1. The third-order valence-electron chi connectivity index (χ3n) is 4.54. The molecule has 1 aromatic rings. The molecule has 7 heteroatoms. The van der Waals surface area contributed by atoms with Crippen molar-refractivity contribution in [1.82, 2.24) is 9.97 Å². The topological polar surface area (TPSA) is 103 Å². The number of aromatic nitrogens is 2. The van der Waals surface area contributed by atoms with E-state index in [1.165, 1.54) is 6.33 Å². The molecule has 106 valence electrons. The maximum atomic E-state index is 12.6. The third-order valence-corrected chi connectivity index (χ3v) is 7.32. The molecule has 0 aromatic carbocycles. The lowest BCUT2D eigenvalue weighted by molar-refractivity contribution is 0.126. The van der Waals surface area contributed by atoms with Crippen LogP contribution in [0, 0.1) is 11.8 Å². The molecule has 19 heavy (non-hydrogen) atoms. The minimum atomic E-state index is -3.30. The molecule has 0 radical (unpaired) electrons. The molecular formula is C12H18N2O4S. The molecule has 0 spiro atoms. The molecule has 1 aromatic heterocycles. The summed E-state index contributed by atoms with van der Waals surface area (Å²) in [6.07, 6.45) is 3.82. The smallest absolute Gasteiger partial charge is 0.157 e. The number of aliphatic hydroxyl groups is 2. The van der Waals surface area contributed by atoms with Gasteiger partial charge in [0, 0.05) is 36.8 Å². The van der Waals surface area contributed by atoms with E-state index in [1.807, 2.05) is 0 Å². The number of nitrogens with zero attached hydrogens (tertiary/aromatic N) is 1. The zero-order chi connectivity index (χ0) is 13.6. The lowest BCUT2D eigenvalue weighted by atomic mass is 9.97. The molecule has 5 atom stereocenters. The number of H-pyrrole nitrogens is 1. The van der Waals surface area contributed by atoms with Crippen molar-refractivity contribution < 1.29 is 18.6 Å². The van der Waals surface area contributed by atoms with Crippen molar-refractivity contribution >= 4 is 9.84 Å². The van der Waals surface area contributed by atoms with Gasteiger partial charge in [-0.05, 0) is 12.8 Å². The molecule has 1 saturated carbocycles. The maximum absolute atomic E-state index is 12.6. The summed E-state index contributed by atoms with van der Waals surface area (Å²) >= 11 is 0. The van der Waals surface area contributed by atoms with Crippen LogP contribution in [0.4, 0.5) is 0 Å². The Balaban J connectivity index is 1.86. The summed E-state index contributed by atoms with van der Waals surface area (Å²) in [5.41, 5.74) is 0.795. The van der Waals surface area contributed by atoms with Crippen molar-refractivity contribution in [2.45, 2.75) is 35.9 Å². The minimum Gasteiger partial charge on any atom is -0.396 e. The monoisotopic (exact) mass is 286 g/mol. The van der Waals surface area contributed by atoms with Gasteiger partial charge >= 0.3 is 0 Å². The van der Waals surface area contributed by atoms with Crippen LogP contribution in [-0.2, 0) is 16.3 Å². The van der Waals surface area contributed by atoms with Crippen LogP contribution < -0.4 is 0 Å². The summed E-state index contributed by atoms with van der Waals surface area (Å²) in [7, 11) is -3.30. The zero-order valence-electron chi connectivity index (χ0n) is 10.4. The number of aliphatic hydroxyl groups excluding tert-OH is 2. The lowest BCUT2D eigenvalue weighted by Crippen LogP contribution is -2.31. The van der Waals surface area contributed by atoms with Crippen LogP contribution in [0.1, 0.15) is 18.5 Å². The van der Waals surface area contributed by atoms with Crippen molar-refractivity contribution in [3.05, 3.63) is 18.2 Å². The van der Waals surface area contributed by atoms with Gasteiger partial charge in [-0.25, -0.2) is 13.4 Å². The summed E-state index contributed by atoms with van der Waals surface area (Å²) in [6.45, 7) is -0.172. The molecule has 2 fully saturated rings. The van der Waals surface area contributed by atoms with E-state index < -0.39 is 26.4 Å². The van der Waals surface area contributed by atoms with E-state index in [0.717, 1.165) is 5.69 Å². The second-order valence-corrected chi connectivity index (χ2v) is 7.99. The highest BCUT2D eigenvalue weighted by Gasteiger charge is 2.57. The Morgan fingerprint density at radius 3 is 2.84 bits per heavy atom. The van der Waals surface area contributed by atoms with E-state index in [-0.39, 0.29) is 18.4 Å². The molecule has 0 bridgehead atoms. The quantitative estimate of drug-likeness (QED) is 0.695. The lowest BCUT2D eigenvalue weighted by Gasteiger charge is -2.17. The Labute approximate surface area is 111 Å². The molecule has 3 rings (SSSR count). The highest BCUT2D eigenvalue weighted by atomic mass is 32.2. The van der Waals surface area contributed by atoms with Gasteiger partial charge in [0.15, 0.2) is 9.84 Å². The van der Waals surface area contributed by atoms with Gasteiger partial charge in [-0.2, -0.15) is 0 Å². The Morgan fingerprint density at radius 1 is 1.42 bits per heavy atom. The first-order valence-electron chi connectivity index (χ1n) is 6.53. The summed E-state index contributed by atoms with van der Waals surface area (Å²) in [4.78, 5) is 6.81. The highest BCUT2D eigenvalue weighted by molar-refractivity contribution is 7.93. The summed E-state index contributed by atoms with van der Waals surface area (Å²) in [5, 5.41) is 18.2. The average molecular weight is 286 g/mol. The molecule has 6 nitrogen and oxygen atoms in total. The van der Waals surface area contributed by atoms with Gasteiger partial charge in [-0.3, -0.25) is 0 Å². The average Bonchev–Trinajstić information content (AvgIpc) is 3.02. The van der Waals surface area contributed by atoms with Gasteiger partial charge < -0.3 is 15.2 Å². The van der Waals surface area contributed by atoms with Gasteiger partial charge in [-0.1, -0.05) is 0 Å². The van der Waals surface area contributed by atoms with Gasteiger partial charge in [0.2, 0.25) is 0 Å². The van der Waals surface area contributed by atoms with Crippen LogP contribution in [-0.4, -0.2) is 51.8 Å². The molecule has 1 aliphatic carbocycles. The molecular weight excluding hydrogens is 268 g/mol. The Bertz CT molecular complexity index is 542. The van der Waals surface area contributed by atoms with Crippen LogP contribution in [0.5, 0.6) is 0 Å². The van der Waals surface area contributed by atoms with E-state index >= 15 is 0 Å². The van der Waals surface area contributed by atoms with Crippen LogP contribution in [0.15, 0.2) is 12.5 Å². The predicted octanol–water partition coefficient (Wildman–Crippen LogP) is -0.503. The fraction of sp³-hybridized carbons (Fsp3) is 0.750. The van der Waals surface area contributed by atoms with E-state index in [9.17, 15) is 18.6 Å². The Morgan fingerprint density at radius 2 is 2.21 bits per heavy atom. The van der Waals surface area contributed by atoms with Crippen molar-refractivity contribution in [1.29, 1.82) is 0 Å². The van der Waals surface area contributed by atoms with Crippen LogP contribution in [0.2, 0.25) is 0 Å². The largest absolute Gasteiger partial charge is 0.396 e. The second-order valence-electron chi connectivity index (χ2n) is 5.60. The number of hydrogen-bond acceptors (Lipinski definition) is 5. The first-order valence-corrected chi connectivity index (χ1v) is 8.14. The van der Waals surface area contributed by atoms with Crippen molar-refractivity contribution in [3.8, 4) is 0 Å². The normalized spacial score (nSPS) is 40.4. The standard InChI is InChI=1S/C12H18N2O4S/c15-5-7-1-11(16)10-3-9(19(17,18)12(7)10)2-8-4-13-6-14-8/h4,6-7,9-12,15-16H,1-3,5H2,(H,13,14)/t7-,9-,10?,11+,12-/m0/s1. The van der Waals surface area contributed by atoms with E-state index in [2.05, 4.69) is 9.97 Å². The third kappa shape index (κ3) is 2.00. The molecule has 2 heterocycles. The summed E-state index contributed by atoms with van der Waals surface area (Å²) in [6, 6.07) is 0. The highest BCUT2D eigenvalue weighted by Crippen LogP contribution is 2.47. The first-order chi connectivity index (χ1) is 9.04. The Hall–Kier alpha value is -0.920. The number of fused-ring (bicyclic) bond motifs is 1. The van der Waals surface area contributed by atoms with Crippen LogP contribution in [0.25, 0.3) is 0 Å². The van der Waals surface area contributed by atoms with Crippen LogP contribution in [0.3, 0.4) is 0 Å². The number of nitrogens with one attached hydrogen (secondary N) is 1. The van der Waals surface area contributed by atoms with Crippen LogP contribution >= 0.6 is 0 Å². The molecule has 1 saturated heterocycles.